The van der Waals surface area contributed by atoms with Crippen LogP contribution in [0.5, 0.6) is 0 Å². The minimum Gasteiger partial charge on any atom is -0.466 e. The second kappa shape index (κ2) is 8.27. The number of carbonyl (C=O) groups excluding carboxylic acids is 1. The molecule has 4 rings (SSSR count). The van der Waals surface area contributed by atoms with Gasteiger partial charge in [0.1, 0.15) is 11.5 Å². The van der Waals surface area contributed by atoms with Gasteiger partial charge in [-0.1, -0.05) is 11.5 Å². The summed E-state index contributed by atoms with van der Waals surface area (Å²) in [5.41, 5.74) is 0.938. The van der Waals surface area contributed by atoms with Gasteiger partial charge in [0.2, 0.25) is 10.0 Å². The lowest BCUT2D eigenvalue weighted by Gasteiger charge is -2.32. The highest BCUT2D eigenvalue weighted by Gasteiger charge is 2.31. The molecule has 0 radical (unpaired) electrons. The van der Waals surface area contributed by atoms with E-state index in [1.165, 1.54) is 28.6 Å². The quantitative estimate of drug-likeness (QED) is 0.636. The number of sulfonamides is 1. The number of rotatable bonds is 5. The summed E-state index contributed by atoms with van der Waals surface area (Å²) >= 11 is 0. The maximum Gasteiger partial charge on any atom is 0.322 e. The second-order valence-corrected chi connectivity index (χ2v) is 9.57. The Balaban J connectivity index is 1.47. The van der Waals surface area contributed by atoms with E-state index in [1.807, 2.05) is 13.8 Å². The molecule has 1 saturated heterocycles. The first-order chi connectivity index (χ1) is 14.8. The summed E-state index contributed by atoms with van der Waals surface area (Å²) in [5, 5.41) is 10.3. The number of hydrogen-bond acceptors (Lipinski definition) is 7. The molecule has 1 N–H and O–H groups in total. The first-order valence-electron chi connectivity index (χ1n) is 10.1. The van der Waals surface area contributed by atoms with Crippen LogP contribution >= 0.6 is 0 Å². The van der Waals surface area contributed by atoms with Gasteiger partial charge in [-0.05, 0) is 63.9 Å². The van der Waals surface area contributed by atoms with E-state index in [2.05, 4.69) is 15.5 Å². The number of furan rings is 1. The molecular weight excluding hydrogens is 420 g/mol. The minimum atomic E-state index is -3.59. The van der Waals surface area contributed by atoms with Crippen LogP contribution in [0.3, 0.4) is 0 Å². The first-order valence-corrected chi connectivity index (χ1v) is 11.5. The maximum atomic E-state index is 12.9. The SMILES string of the molecule is Cc1cc(-c2nnc(NC(=O)c3ccc(S(=O)(=O)N4CCCCC4C)cc3)o2)c(C)o1. The van der Waals surface area contributed by atoms with E-state index in [-0.39, 0.29) is 28.4 Å². The number of piperidine rings is 1. The molecule has 2 aromatic heterocycles. The molecule has 3 aromatic rings. The normalized spacial score (nSPS) is 17.6. The maximum absolute atomic E-state index is 12.9. The van der Waals surface area contributed by atoms with Crippen molar-refractivity contribution in [3.8, 4) is 11.5 Å². The van der Waals surface area contributed by atoms with Gasteiger partial charge in [0, 0.05) is 18.2 Å². The lowest BCUT2D eigenvalue weighted by Crippen LogP contribution is -2.41. The lowest BCUT2D eigenvalue weighted by atomic mass is 10.1. The molecule has 1 unspecified atom stereocenters. The molecule has 0 spiro atoms. The Labute approximate surface area is 180 Å². The molecule has 1 amide bonds. The number of benzene rings is 1. The lowest BCUT2D eigenvalue weighted by molar-refractivity contribution is 0.102. The molecule has 0 saturated carbocycles. The fraction of sp³-hybridized carbons (Fsp3) is 0.381. The van der Waals surface area contributed by atoms with Crippen LogP contribution in [0.2, 0.25) is 0 Å². The zero-order valence-electron chi connectivity index (χ0n) is 17.6. The van der Waals surface area contributed by atoms with E-state index < -0.39 is 15.9 Å². The Morgan fingerprint density at radius 2 is 1.87 bits per heavy atom. The molecule has 10 heteroatoms. The van der Waals surface area contributed by atoms with Crippen LogP contribution < -0.4 is 5.32 Å². The molecule has 164 valence electrons. The van der Waals surface area contributed by atoms with Gasteiger partial charge in [-0.15, -0.1) is 5.10 Å². The molecule has 3 heterocycles. The first kappa shape index (κ1) is 21.3. The molecule has 9 nitrogen and oxygen atoms in total. The van der Waals surface area contributed by atoms with Gasteiger partial charge in [-0.3, -0.25) is 10.1 Å². The van der Waals surface area contributed by atoms with Crippen LogP contribution in [0.4, 0.5) is 6.01 Å². The summed E-state index contributed by atoms with van der Waals surface area (Å²) in [7, 11) is -3.59. The number of amides is 1. The molecule has 1 fully saturated rings. The predicted octanol–water partition coefficient (Wildman–Crippen LogP) is 3.76. The number of anilines is 1. The van der Waals surface area contributed by atoms with Crippen molar-refractivity contribution < 1.29 is 22.0 Å². The van der Waals surface area contributed by atoms with Crippen molar-refractivity contribution in [3.63, 3.8) is 0 Å². The monoisotopic (exact) mass is 444 g/mol. The number of nitrogens with zero attached hydrogens (tertiary/aromatic N) is 3. The summed E-state index contributed by atoms with van der Waals surface area (Å²) in [5.74, 6) is 1.11. The van der Waals surface area contributed by atoms with Gasteiger partial charge >= 0.3 is 6.01 Å². The molecule has 1 aromatic carbocycles. The Hall–Kier alpha value is -2.98. The minimum absolute atomic E-state index is 0.0314. The van der Waals surface area contributed by atoms with Gasteiger partial charge in [0.15, 0.2) is 0 Å². The average Bonchev–Trinajstić information content (AvgIpc) is 3.33. The second-order valence-electron chi connectivity index (χ2n) is 7.68. The molecule has 0 bridgehead atoms. The number of hydrogen-bond donors (Lipinski definition) is 1. The highest BCUT2D eigenvalue weighted by molar-refractivity contribution is 7.89. The van der Waals surface area contributed by atoms with E-state index >= 15 is 0 Å². The standard InChI is InChI=1S/C21H24N4O5S/c1-13-6-4-5-11-25(13)31(27,28)17-9-7-16(8-10-17)19(26)22-21-24-23-20(30-21)18-12-14(2)29-15(18)3/h7-10,12-13H,4-6,11H2,1-3H3,(H,22,24,26). The van der Waals surface area contributed by atoms with E-state index in [9.17, 15) is 13.2 Å². The van der Waals surface area contributed by atoms with E-state index in [0.717, 1.165) is 19.3 Å². The van der Waals surface area contributed by atoms with Gasteiger partial charge in [-0.2, -0.15) is 4.31 Å². The third-order valence-corrected chi connectivity index (χ3v) is 7.41. The predicted molar refractivity (Wildman–Crippen MR) is 113 cm³/mol. The molecule has 1 aliphatic rings. The van der Waals surface area contributed by atoms with Crippen molar-refractivity contribution >= 4 is 21.9 Å². The van der Waals surface area contributed by atoms with Crippen LogP contribution in [0.1, 0.15) is 48.1 Å². The Morgan fingerprint density at radius 1 is 1.13 bits per heavy atom. The van der Waals surface area contributed by atoms with Crippen molar-refractivity contribution in [1.82, 2.24) is 14.5 Å². The van der Waals surface area contributed by atoms with Crippen LogP contribution in [0, 0.1) is 13.8 Å². The van der Waals surface area contributed by atoms with Crippen molar-refractivity contribution in [1.29, 1.82) is 0 Å². The number of aromatic nitrogens is 2. The molecule has 1 atom stereocenters. The Morgan fingerprint density at radius 3 is 2.52 bits per heavy atom. The van der Waals surface area contributed by atoms with Gasteiger partial charge < -0.3 is 8.83 Å². The van der Waals surface area contributed by atoms with Crippen LogP contribution in [-0.2, 0) is 10.0 Å². The van der Waals surface area contributed by atoms with E-state index in [0.29, 0.717) is 23.6 Å². The fourth-order valence-electron chi connectivity index (χ4n) is 3.74. The average molecular weight is 445 g/mol. The highest BCUT2D eigenvalue weighted by atomic mass is 32.2. The fourth-order valence-corrected chi connectivity index (χ4v) is 5.44. The van der Waals surface area contributed by atoms with Gasteiger partial charge in [0.05, 0.1) is 10.5 Å². The largest absolute Gasteiger partial charge is 0.466 e. The van der Waals surface area contributed by atoms with E-state index in [4.69, 9.17) is 8.83 Å². The number of nitrogens with one attached hydrogen (secondary N) is 1. The summed E-state index contributed by atoms with van der Waals surface area (Å²) in [4.78, 5) is 12.7. The molecular formula is C21H24N4O5S. The van der Waals surface area contributed by atoms with E-state index in [1.54, 1.807) is 13.0 Å². The van der Waals surface area contributed by atoms with Crippen molar-refractivity contribution in [2.45, 2.75) is 51.0 Å². The summed E-state index contributed by atoms with van der Waals surface area (Å²) in [6.07, 6.45) is 2.74. The third kappa shape index (κ3) is 4.26. The topological polar surface area (TPSA) is 119 Å². The smallest absolute Gasteiger partial charge is 0.322 e. The van der Waals surface area contributed by atoms with Crippen LogP contribution in [0.25, 0.3) is 11.5 Å². The molecule has 1 aliphatic heterocycles. The van der Waals surface area contributed by atoms with Crippen LogP contribution in [0.15, 0.2) is 44.1 Å². The van der Waals surface area contributed by atoms with Crippen molar-refractivity contribution in [3.05, 3.63) is 47.4 Å². The molecule has 0 aliphatic carbocycles. The molecule has 31 heavy (non-hydrogen) atoms. The number of aryl methyl sites for hydroxylation is 2. The Bertz CT molecular complexity index is 1200. The highest BCUT2D eigenvalue weighted by Crippen LogP contribution is 2.27. The van der Waals surface area contributed by atoms with Crippen LogP contribution in [-0.4, -0.2) is 41.4 Å². The Kier molecular flexibility index (Phi) is 5.67. The number of carbonyl (C=O) groups is 1. The third-order valence-electron chi connectivity index (χ3n) is 5.38. The van der Waals surface area contributed by atoms with Crippen molar-refractivity contribution in [2.75, 3.05) is 11.9 Å². The van der Waals surface area contributed by atoms with Gasteiger partial charge in [-0.25, -0.2) is 8.42 Å². The van der Waals surface area contributed by atoms with Crippen molar-refractivity contribution in [2.24, 2.45) is 0 Å². The van der Waals surface area contributed by atoms with Gasteiger partial charge in [0.25, 0.3) is 11.8 Å². The summed E-state index contributed by atoms with van der Waals surface area (Å²) < 4.78 is 38.3. The summed E-state index contributed by atoms with van der Waals surface area (Å²) in [6, 6.07) is 7.52. The summed E-state index contributed by atoms with van der Waals surface area (Å²) in [6.45, 7) is 6.03. The zero-order chi connectivity index (χ0) is 22.2. The zero-order valence-corrected chi connectivity index (χ0v) is 18.4.